The number of nitrogens with two attached hydrogens (primary N) is 3. The van der Waals surface area contributed by atoms with Gasteiger partial charge < -0.3 is 43.2 Å². The molecule has 0 aromatic heterocycles. The van der Waals surface area contributed by atoms with Gasteiger partial charge in [-0.3, -0.25) is 24.2 Å². The number of amides is 4. The van der Waals surface area contributed by atoms with Crippen LogP contribution in [0.15, 0.2) is 35.3 Å². The van der Waals surface area contributed by atoms with Crippen LogP contribution in [-0.4, -0.2) is 89.4 Å². The largest absolute Gasteiger partial charge is 0.480 e. The summed E-state index contributed by atoms with van der Waals surface area (Å²) in [4.78, 5) is 69.6. The van der Waals surface area contributed by atoms with Crippen LogP contribution in [0.3, 0.4) is 0 Å². The van der Waals surface area contributed by atoms with Gasteiger partial charge in [-0.2, -0.15) is 0 Å². The fourth-order valence-electron chi connectivity index (χ4n) is 4.76. The summed E-state index contributed by atoms with van der Waals surface area (Å²) in [6.45, 7) is 4.01. The second-order valence-corrected chi connectivity index (χ2v) is 10.4. The van der Waals surface area contributed by atoms with Crippen molar-refractivity contribution in [3.63, 3.8) is 0 Å². The summed E-state index contributed by atoms with van der Waals surface area (Å²) < 4.78 is 0. The number of likely N-dealkylation sites (tertiary alicyclic amines) is 1. The predicted octanol–water partition coefficient (Wildman–Crippen LogP) is -1.18. The zero-order chi connectivity index (χ0) is 31.2. The van der Waals surface area contributed by atoms with Gasteiger partial charge in [-0.05, 0) is 37.2 Å². The normalized spacial score (nSPS) is 17.3. The first-order chi connectivity index (χ1) is 20.0. The Morgan fingerprint density at radius 2 is 1.71 bits per heavy atom. The van der Waals surface area contributed by atoms with Crippen LogP contribution >= 0.6 is 0 Å². The van der Waals surface area contributed by atoms with Crippen molar-refractivity contribution in [2.45, 2.75) is 76.5 Å². The molecule has 232 valence electrons. The van der Waals surface area contributed by atoms with Crippen LogP contribution in [-0.2, 0) is 30.4 Å². The van der Waals surface area contributed by atoms with E-state index in [1.807, 2.05) is 6.92 Å². The molecule has 1 aromatic rings. The number of carbonyl (C=O) groups excluding carboxylic acids is 4. The van der Waals surface area contributed by atoms with Crippen LogP contribution in [0.1, 0.15) is 51.5 Å². The van der Waals surface area contributed by atoms with E-state index in [-0.39, 0.29) is 43.7 Å². The van der Waals surface area contributed by atoms with Crippen molar-refractivity contribution in [1.29, 1.82) is 0 Å². The Morgan fingerprint density at radius 3 is 2.31 bits per heavy atom. The summed E-state index contributed by atoms with van der Waals surface area (Å²) in [6, 6.07) is 4.72. The molecule has 1 aromatic carbocycles. The number of aliphatic imine (C=N–C) groups is 1. The van der Waals surface area contributed by atoms with E-state index in [9.17, 15) is 29.1 Å². The third-order valence-corrected chi connectivity index (χ3v) is 7.32. The summed E-state index contributed by atoms with van der Waals surface area (Å²) in [5.74, 6) is -3.79. The number of guanidine groups is 1. The first kappa shape index (κ1) is 34.0. The average Bonchev–Trinajstić information content (AvgIpc) is 3.46. The van der Waals surface area contributed by atoms with E-state index < -0.39 is 47.9 Å². The summed E-state index contributed by atoms with van der Waals surface area (Å²) in [7, 11) is 0. The summed E-state index contributed by atoms with van der Waals surface area (Å²) in [5.41, 5.74) is 17.0. The highest BCUT2D eigenvalue weighted by Crippen LogP contribution is 2.19. The van der Waals surface area contributed by atoms with Gasteiger partial charge in [-0.1, -0.05) is 50.6 Å². The Hall–Kier alpha value is -4.20. The lowest BCUT2D eigenvalue weighted by atomic mass is 9.96. The minimum atomic E-state index is -1.24. The number of carboxylic acid groups (broad SMARTS) is 1. The Kier molecular flexibility index (Phi) is 13.7. The fourth-order valence-corrected chi connectivity index (χ4v) is 4.76. The van der Waals surface area contributed by atoms with Gasteiger partial charge in [-0.25, -0.2) is 4.79 Å². The molecule has 0 aliphatic carbocycles. The highest BCUT2D eigenvalue weighted by Gasteiger charge is 2.37. The number of carboxylic acids is 1. The number of nitrogens with zero attached hydrogens (tertiary/aromatic N) is 2. The zero-order valence-electron chi connectivity index (χ0n) is 24.3. The summed E-state index contributed by atoms with van der Waals surface area (Å²) >= 11 is 0. The third kappa shape index (κ3) is 10.3. The number of carbonyl (C=O) groups is 5. The van der Waals surface area contributed by atoms with Gasteiger partial charge in [0.25, 0.3) is 0 Å². The highest BCUT2D eigenvalue weighted by molar-refractivity contribution is 5.95. The van der Waals surface area contributed by atoms with Crippen molar-refractivity contribution < 1.29 is 29.1 Å². The molecule has 5 atom stereocenters. The molecule has 2 rings (SSSR count). The standard InChI is InChI=1S/C28H44N8O6/c1-3-17(2)23(35-25(39)21-12-8-14-36(21)22(37)16-29)26(40)33-19(11-7-13-32-28(30)31)24(38)34-20(27(41)42)15-18-9-5-4-6-10-18/h4-6,9-10,17,19-21,23H,3,7-8,11-16,29H2,1-2H3,(H,33,40)(H,34,38)(H,35,39)(H,41,42)(H4,30,31,32)/t17-,19-,20-,21-,23-/m0/s1. The topological polar surface area (TPSA) is 235 Å². The first-order valence-corrected chi connectivity index (χ1v) is 14.2. The monoisotopic (exact) mass is 588 g/mol. The zero-order valence-corrected chi connectivity index (χ0v) is 24.3. The minimum Gasteiger partial charge on any atom is -0.480 e. The smallest absolute Gasteiger partial charge is 0.326 e. The molecule has 0 saturated carbocycles. The van der Waals surface area contributed by atoms with E-state index >= 15 is 0 Å². The van der Waals surface area contributed by atoms with Crippen molar-refractivity contribution in [3.8, 4) is 0 Å². The van der Waals surface area contributed by atoms with Crippen molar-refractivity contribution >= 4 is 35.6 Å². The molecule has 1 fully saturated rings. The van der Waals surface area contributed by atoms with Gasteiger partial charge in [0.15, 0.2) is 5.96 Å². The van der Waals surface area contributed by atoms with Crippen LogP contribution in [0, 0.1) is 5.92 Å². The number of aliphatic carboxylic acids is 1. The maximum atomic E-state index is 13.5. The molecular weight excluding hydrogens is 544 g/mol. The van der Waals surface area contributed by atoms with E-state index in [1.54, 1.807) is 37.3 Å². The Morgan fingerprint density at radius 1 is 1.05 bits per heavy atom. The summed E-state index contributed by atoms with van der Waals surface area (Å²) in [5, 5.41) is 17.8. The van der Waals surface area contributed by atoms with Crippen molar-refractivity contribution in [2.24, 2.45) is 28.1 Å². The van der Waals surface area contributed by atoms with Crippen LogP contribution in [0.4, 0.5) is 0 Å². The van der Waals surface area contributed by atoms with Gasteiger partial charge in [0.1, 0.15) is 24.2 Å². The molecule has 1 aliphatic heterocycles. The van der Waals surface area contributed by atoms with Crippen LogP contribution < -0.4 is 33.2 Å². The Balaban J connectivity index is 2.21. The molecule has 42 heavy (non-hydrogen) atoms. The molecular formula is C28H44N8O6. The minimum absolute atomic E-state index is 0.0432. The lowest BCUT2D eigenvalue weighted by Crippen LogP contribution is -2.59. The molecule has 1 aliphatic rings. The molecule has 0 spiro atoms. The quantitative estimate of drug-likeness (QED) is 0.0698. The van der Waals surface area contributed by atoms with Gasteiger partial charge in [0.2, 0.25) is 23.6 Å². The molecule has 0 radical (unpaired) electrons. The van der Waals surface area contributed by atoms with Crippen LogP contribution in [0.5, 0.6) is 0 Å². The lowest BCUT2D eigenvalue weighted by Gasteiger charge is -2.30. The van der Waals surface area contributed by atoms with E-state index in [0.717, 1.165) is 0 Å². The average molecular weight is 589 g/mol. The molecule has 14 nitrogen and oxygen atoms in total. The van der Waals surface area contributed by atoms with Crippen LogP contribution in [0.2, 0.25) is 0 Å². The van der Waals surface area contributed by atoms with Crippen molar-refractivity contribution in [3.05, 3.63) is 35.9 Å². The number of nitrogens with one attached hydrogen (secondary N) is 3. The fraction of sp³-hybridized carbons (Fsp3) is 0.571. The van der Waals surface area contributed by atoms with Crippen LogP contribution in [0.25, 0.3) is 0 Å². The molecule has 1 heterocycles. The molecule has 4 amide bonds. The second-order valence-electron chi connectivity index (χ2n) is 10.4. The van der Waals surface area contributed by atoms with Gasteiger partial charge in [0, 0.05) is 19.5 Å². The predicted molar refractivity (Wildman–Crippen MR) is 157 cm³/mol. The molecule has 10 N–H and O–H groups in total. The lowest BCUT2D eigenvalue weighted by molar-refractivity contribution is -0.142. The number of hydrogen-bond acceptors (Lipinski definition) is 7. The van der Waals surface area contributed by atoms with E-state index in [1.165, 1.54) is 4.90 Å². The number of benzene rings is 1. The maximum Gasteiger partial charge on any atom is 0.326 e. The molecule has 0 bridgehead atoms. The van der Waals surface area contributed by atoms with Crippen molar-refractivity contribution in [2.75, 3.05) is 19.6 Å². The van der Waals surface area contributed by atoms with E-state index in [0.29, 0.717) is 37.8 Å². The highest BCUT2D eigenvalue weighted by atomic mass is 16.4. The Labute approximate surface area is 245 Å². The molecule has 14 heteroatoms. The van der Waals surface area contributed by atoms with Gasteiger partial charge >= 0.3 is 5.97 Å². The number of hydrogen-bond donors (Lipinski definition) is 7. The van der Waals surface area contributed by atoms with Gasteiger partial charge in [0.05, 0.1) is 6.54 Å². The third-order valence-electron chi connectivity index (χ3n) is 7.32. The van der Waals surface area contributed by atoms with Crippen molar-refractivity contribution in [1.82, 2.24) is 20.9 Å². The van der Waals surface area contributed by atoms with Gasteiger partial charge in [-0.15, -0.1) is 0 Å². The molecule has 0 unspecified atom stereocenters. The second kappa shape index (κ2) is 16.9. The number of rotatable bonds is 16. The SMILES string of the molecule is CC[C@H](C)[C@H](NC(=O)[C@@H]1CCCN1C(=O)CN)C(=O)N[C@@H](CCCN=C(N)N)C(=O)N[C@@H](Cc1ccccc1)C(=O)O. The van der Waals surface area contributed by atoms with E-state index in [4.69, 9.17) is 17.2 Å². The van der Waals surface area contributed by atoms with E-state index in [2.05, 4.69) is 20.9 Å². The summed E-state index contributed by atoms with van der Waals surface area (Å²) in [6.07, 6.45) is 2.07. The molecule has 1 saturated heterocycles. The Bertz CT molecular complexity index is 1110. The first-order valence-electron chi connectivity index (χ1n) is 14.2. The maximum absolute atomic E-state index is 13.5.